The van der Waals surface area contributed by atoms with E-state index < -0.39 is 0 Å². The summed E-state index contributed by atoms with van der Waals surface area (Å²) in [6.07, 6.45) is -0.0761. The van der Waals surface area contributed by atoms with E-state index in [1.807, 2.05) is 12.1 Å². The van der Waals surface area contributed by atoms with Crippen molar-refractivity contribution in [3.05, 3.63) is 211 Å². The topological polar surface area (TPSA) is 35.2 Å². The SMILES string of the molecule is c1ccc(C2=[N+](c3ccc(-n4c5ccccc5c5ccc(-c6cccc7c6oc6c(-c8ccccc8)cccc67)cc54)cc3)C(c3ccccc3)[N-]2)cc1. The number of aromatic nitrogens is 1. The minimum Gasteiger partial charge on any atom is -0.455 e. The van der Waals surface area contributed by atoms with Crippen LogP contribution in [-0.4, -0.2) is 15.0 Å². The molecule has 2 aromatic heterocycles. The first kappa shape index (κ1) is 30.5. The average molecular weight is 692 g/mol. The molecule has 1 aliphatic rings. The maximum absolute atomic E-state index is 6.82. The van der Waals surface area contributed by atoms with Crippen molar-refractivity contribution in [1.29, 1.82) is 0 Å². The van der Waals surface area contributed by atoms with Gasteiger partial charge in [0, 0.05) is 49.6 Å². The molecule has 54 heavy (non-hydrogen) atoms. The summed E-state index contributed by atoms with van der Waals surface area (Å²) in [5.74, 6) is 0.981. The van der Waals surface area contributed by atoms with E-state index >= 15 is 0 Å². The van der Waals surface area contributed by atoms with E-state index in [-0.39, 0.29) is 6.17 Å². The molecule has 0 fully saturated rings. The lowest BCUT2D eigenvalue weighted by atomic mass is 9.99. The van der Waals surface area contributed by atoms with E-state index in [4.69, 9.17) is 9.73 Å². The van der Waals surface area contributed by atoms with Crippen LogP contribution in [-0.2, 0) is 0 Å². The van der Waals surface area contributed by atoms with Gasteiger partial charge in [-0.05, 0) is 53.1 Å². The van der Waals surface area contributed by atoms with Gasteiger partial charge in [0.2, 0.25) is 0 Å². The van der Waals surface area contributed by atoms with E-state index in [1.54, 1.807) is 0 Å². The first-order valence-electron chi connectivity index (χ1n) is 18.4. The largest absolute Gasteiger partial charge is 0.455 e. The van der Waals surface area contributed by atoms with Gasteiger partial charge in [0.05, 0.1) is 11.0 Å². The van der Waals surface area contributed by atoms with E-state index in [0.29, 0.717) is 0 Å². The molecule has 0 amide bonds. The third-order valence-corrected chi connectivity index (χ3v) is 10.8. The van der Waals surface area contributed by atoms with Crippen molar-refractivity contribution in [3.8, 4) is 27.9 Å². The summed E-state index contributed by atoms with van der Waals surface area (Å²) in [6.45, 7) is 0. The second-order valence-corrected chi connectivity index (χ2v) is 13.9. The van der Waals surface area contributed by atoms with Crippen LogP contribution < -0.4 is 0 Å². The second-order valence-electron chi connectivity index (χ2n) is 13.9. The highest BCUT2D eigenvalue weighted by molar-refractivity contribution is 6.15. The minimum absolute atomic E-state index is 0.0761. The van der Waals surface area contributed by atoms with E-state index in [9.17, 15) is 0 Å². The van der Waals surface area contributed by atoms with Gasteiger partial charge in [0.1, 0.15) is 17.0 Å². The Labute approximate surface area is 312 Å². The predicted octanol–water partition coefficient (Wildman–Crippen LogP) is 13.2. The zero-order valence-corrected chi connectivity index (χ0v) is 29.3. The molecule has 8 aromatic carbocycles. The molecule has 0 spiro atoms. The van der Waals surface area contributed by atoms with Crippen LogP contribution in [0.3, 0.4) is 0 Å². The summed E-state index contributed by atoms with van der Waals surface area (Å²) in [7, 11) is 0. The zero-order chi connectivity index (χ0) is 35.6. The third kappa shape index (κ3) is 4.74. The number of rotatable bonds is 6. The molecule has 0 saturated heterocycles. The summed E-state index contributed by atoms with van der Waals surface area (Å²) in [6, 6.07) is 68.9. The van der Waals surface area contributed by atoms with Crippen molar-refractivity contribution < 1.29 is 8.99 Å². The molecule has 1 aliphatic heterocycles. The Hall–Kier alpha value is -7.17. The molecule has 1 atom stereocenters. The lowest BCUT2D eigenvalue weighted by Crippen LogP contribution is -2.33. The number of furan rings is 1. The fourth-order valence-corrected chi connectivity index (χ4v) is 8.28. The number of para-hydroxylation sites is 3. The number of nitrogens with zero attached hydrogens (tertiary/aromatic N) is 3. The van der Waals surface area contributed by atoms with Crippen molar-refractivity contribution in [2.45, 2.75) is 6.17 Å². The highest BCUT2D eigenvalue weighted by atomic mass is 16.3. The molecule has 4 nitrogen and oxygen atoms in total. The monoisotopic (exact) mass is 691 g/mol. The van der Waals surface area contributed by atoms with E-state index in [1.165, 1.54) is 21.9 Å². The summed E-state index contributed by atoms with van der Waals surface area (Å²) in [5, 5.41) is 9.78. The van der Waals surface area contributed by atoms with Crippen LogP contribution in [0.25, 0.3) is 77.0 Å². The fraction of sp³-hybridized carbons (Fsp3) is 0.0200. The third-order valence-electron chi connectivity index (χ3n) is 10.8. The highest BCUT2D eigenvalue weighted by Gasteiger charge is 2.32. The normalized spacial score (nSPS) is 14.2. The van der Waals surface area contributed by atoms with Crippen LogP contribution in [0.5, 0.6) is 0 Å². The lowest BCUT2D eigenvalue weighted by Gasteiger charge is -2.37. The molecular weight excluding hydrogens is 659 g/mol. The van der Waals surface area contributed by atoms with E-state index in [2.05, 4.69) is 191 Å². The molecule has 11 rings (SSSR count). The number of hydrogen-bond acceptors (Lipinski definition) is 1. The van der Waals surface area contributed by atoms with Crippen LogP contribution in [0.4, 0.5) is 5.69 Å². The standard InChI is InChI=1S/C50H33N3O/c1-4-14-33(15-5-1)39-21-12-23-43-44-24-13-22-40(48(44)54-47(39)43)36-26-31-42-41-20-10-11-25-45(41)52(46(42)32-36)37-27-29-38(30-28-37)53-49(34-16-6-2-7-17-34)51-50(53)35-18-8-3-9-19-35/h1-32,49H. The van der Waals surface area contributed by atoms with Crippen molar-refractivity contribution in [2.75, 3.05) is 0 Å². The summed E-state index contributed by atoms with van der Waals surface area (Å²) >= 11 is 0. The van der Waals surface area contributed by atoms with Crippen LogP contribution in [0.1, 0.15) is 17.3 Å². The average Bonchev–Trinajstić information content (AvgIpc) is 3.78. The maximum Gasteiger partial charge on any atom is 0.154 e. The molecule has 10 aromatic rings. The van der Waals surface area contributed by atoms with Gasteiger partial charge in [0.25, 0.3) is 0 Å². The van der Waals surface area contributed by atoms with Gasteiger partial charge in [-0.25, -0.2) is 5.32 Å². The van der Waals surface area contributed by atoms with Crippen molar-refractivity contribution in [1.82, 2.24) is 4.57 Å². The number of amidine groups is 1. The summed E-state index contributed by atoms with van der Waals surface area (Å²) < 4.78 is 11.6. The van der Waals surface area contributed by atoms with Gasteiger partial charge < -0.3 is 8.98 Å². The Kier molecular flexibility index (Phi) is 6.89. The Morgan fingerprint density at radius 1 is 0.444 bits per heavy atom. The van der Waals surface area contributed by atoms with Crippen molar-refractivity contribution in [3.63, 3.8) is 0 Å². The first-order valence-corrected chi connectivity index (χ1v) is 18.4. The van der Waals surface area contributed by atoms with Gasteiger partial charge >= 0.3 is 0 Å². The van der Waals surface area contributed by atoms with Crippen LogP contribution in [0.15, 0.2) is 199 Å². The Balaban J connectivity index is 1.05. The Morgan fingerprint density at radius 3 is 1.72 bits per heavy atom. The number of fused-ring (bicyclic) bond motifs is 6. The van der Waals surface area contributed by atoms with Crippen molar-refractivity contribution in [2.24, 2.45) is 0 Å². The van der Waals surface area contributed by atoms with Crippen molar-refractivity contribution >= 4 is 55.3 Å². The van der Waals surface area contributed by atoms with Gasteiger partial charge in [-0.15, -0.1) is 0 Å². The molecule has 0 aliphatic carbocycles. The number of benzene rings is 8. The van der Waals surface area contributed by atoms with Gasteiger partial charge in [-0.2, -0.15) is 0 Å². The zero-order valence-electron chi connectivity index (χ0n) is 29.3. The minimum atomic E-state index is -0.0761. The summed E-state index contributed by atoms with van der Waals surface area (Å²) in [5.41, 5.74) is 13.1. The quantitative estimate of drug-likeness (QED) is 0.160. The van der Waals surface area contributed by atoms with Crippen LogP contribution in [0, 0.1) is 0 Å². The molecule has 0 radical (unpaired) electrons. The van der Waals surface area contributed by atoms with Gasteiger partial charge in [-0.3, -0.25) is 4.58 Å². The molecule has 3 heterocycles. The Morgan fingerprint density at radius 2 is 1.02 bits per heavy atom. The second kappa shape index (κ2) is 12.2. The highest BCUT2D eigenvalue weighted by Crippen LogP contribution is 2.43. The van der Waals surface area contributed by atoms with Gasteiger partial charge in [-0.1, -0.05) is 158 Å². The molecule has 254 valence electrons. The maximum atomic E-state index is 6.82. The predicted molar refractivity (Wildman–Crippen MR) is 222 cm³/mol. The molecule has 1 unspecified atom stereocenters. The molecule has 0 bridgehead atoms. The fourth-order valence-electron chi connectivity index (χ4n) is 8.28. The molecule has 4 heteroatoms. The van der Waals surface area contributed by atoms with Crippen LogP contribution >= 0.6 is 0 Å². The molecular formula is C50H33N3O. The smallest absolute Gasteiger partial charge is 0.154 e. The Bertz CT molecular complexity index is 3050. The van der Waals surface area contributed by atoms with Gasteiger partial charge in [0.15, 0.2) is 6.17 Å². The van der Waals surface area contributed by atoms with Crippen LogP contribution in [0.2, 0.25) is 0 Å². The van der Waals surface area contributed by atoms with E-state index in [0.717, 1.165) is 72.5 Å². The lowest BCUT2D eigenvalue weighted by molar-refractivity contribution is -0.501. The first-order chi connectivity index (χ1) is 26.8. The molecule has 0 N–H and O–H groups in total. The summed E-state index contributed by atoms with van der Waals surface area (Å²) in [4.78, 5) is 0. The molecule has 0 saturated carbocycles. The number of hydrogen-bond donors (Lipinski definition) is 0.